The van der Waals surface area contributed by atoms with Gasteiger partial charge >= 0.3 is 0 Å². The Balaban J connectivity index is 3.03. The van der Waals surface area contributed by atoms with E-state index in [9.17, 15) is 0 Å². The van der Waals surface area contributed by atoms with Crippen molar-refractivity contribution < 1.29 is 0 Å². The van der Waals surface area contributed by atoms with Gasteiger partial charge in [0.15, 0.2) is 0 Å². The number of hydrogen-bond donors (Lipinski definition) is 0. The van der Waals surface area contributed by atoms with Crippen molar-refractivity contribution in [3.8, 4) is 0 Å². The van der Waals surface area contributed by atoms with E-state index >= 15 is 0 Å². The Morgan fingerprint density at radius 3 is 1.37 bits per heavy atom. The number of rotatable bonds is 14. The van der Waals surface area contributed by atoms with E-state index in [0.717, 1.165) is 5.92 Å². The highest BCUT2D eigenvalue weighted by Crippen LogP contribution is 2.20. The highest BCUT2D eigenvalue weighted by molar-refractivity contribution is 4.83. The van der Waals surface area contributed by atoms with Crippen LogP contribution in [0.15, 0.2) is 0 Å². The van der Waals surface area contributed by atoms with Crippen LogP contribution >= 0.6 is 0 Å². The van der Waals surface area contributed by atoms with Crippen LogP contribution in [0.4, 0.5) is 0 Å². The van der Waals surface area contributed by atoms with Gasteiger partial charge in [-0.15, -0.1) is 0 Å². The van der Waals surface area contributed by atoms with Crippen molar-refractivity contribution in [2.45, 2.75) is 111 Å². The second kappa shape index (κ2) is 14.4. The molecule has 0 amide bonds. The first-order valence-corrected chi connectivity index (χ1v) is 8.98. The summed E-state index contributed by atoms with van der Waals surface area (Å²) in [6.07, 6.45) is 18.9. The van der Waals surface area contributed by atoms with E-state index in [1.807, 2.05) is 0 Å². The average Bonchev–Trinajstić information content (AvgIpc) is 2.39. The zero-order chi connectivity index (χ0) is 14.3. The van der Waals surface area contributed by atoms with Gasteiger partial charge in [-0.1, -0.05) is 111 Å². The smallest absolute Gasteiger partial charge is 0.0275 e. The van der Waals surface area contributed by atoms with E-state index < -0.39 is 0 Å². The van der Waals surface area contributed by atoms with E-state index in [4.69, 9.17) is 0 Å². The molecule has 0 saturated carbocycles. The minimum absolute atomic E-state index is 0.836. The molecule has 0 aliphatic rings. The fraction of sp³-hybridized carbons (Fsp3) is 0.947. The van der Waals surface area contributed by atoms with Gasteiger partial charge in [0, 0.05) is 0 Å². The van der Waals surface area contributed by atoms with E-state index in [1.165, 1.54) is 83.5 Å². The van der Waals surface area contributed by atoms with Crippen molar-refractivity contribution in [3.63, 3.8) is 0 Å². The molecule has 0 N–H and O–H groups in total. The Hall–Kier alpha value is 0. The molecule has 0 aromatic rings. The third-order valence-corrected chi connectivity index (χ3v) is 4.48. The second-order valence-electron chi connectivity index (χ2n) is 6.66. The first-order chi connectivity index (χ1) is 9.18. The molecule has 0 heteroatoms. The maximum atomic E-state index is 2.37. The van der Waals surface area contributed by atoms with E-state index in [1.54, 1.807) is 5.92 Å². The summed E-state index contributed by atoms with van der Waals surface area (Å²) in [7, 11) is 0. The van der Waals surface area contributed by atoms with Gasteiger partial charge in [0.2, 0.25) is 0 Å². The van der Waals surface area contributed by atoms with Crippen molar-refractivity contribution in [1.82, 2.24) is 0 Å². The van der Waals surface area contributed by atoms with Crippen molar-refractivity contribution in [1.29, 1.82) is 0 Å². The Morgan fingerprint density at radius 2 is 1.00 bits per heavy atom. The Morgan fingerprint density at radius 1 is 0.632 bits per heavy atom. The summed E-state index contributed by atoms with van der Waals surface area (Å²) < 4.78 is 0. The molecule has 1 unspecified atom stereocenters. The van der Waals surface area contributed by atoms with Crippen LogP contribution in [-0.2, 0) is 0 Å². The number of hydrogen-bond acceptors (Lipinski definition) is 0. The Kier molecular flexibility index (Phi) is 14.4. The molecule has 0 aliphatic carbocycles. The molecular weight excluding hydrogens is 228 g/mol. The molecule has 0 rings (SSSR count). The summed E-state index contributed by atoms with van der Waals surface area (Å²) in [5.74, 6) is 2.44. The van der Waals surface area contributed by atoms with Gasteiger partial charge in [0.25, 0.3) is 0 Å². The molecule has 0 bridgehead atoms. The molecule has 0 aromatic heterocycles. The Labute approximate surface area is 123 Å². The van der Waals surface area contributed by atoms with Gasteiger partial charge in [-0.3, -0.25) is 0 Å². The maximum Gasteiger partial charge on any atom is -0.0275 e. The van der Waals surface area contributed by atoms with Gasteiger partial charge in [-0.05, 0) is 11.8 Å². The van der Waals surface area contributed by atoms with Crippen LogP contribution in [-0.4, -0.2) is 0 Å². The van der Waals surface area contributed by atoms with Crippen LogP contribution < -0.4 is 0 Å². The molecule has 0 nitrogen and oxygen atoms in total. The van der Waals surface area contributed by atoms with Crippen LogP contribution in [0.2, 0.25) is 0 Å². The molecular formula is C19H39. The zero-order valence-corrected chi connectivity index (χ0v) is 14.3. The van der Waals surface area contributed by atoms with E-state index in [2.05, 4.69) is 27.7 Å². The average molecular weight is 268 g/mol. The monoisotopic (exact) mass is 267 g/mol. The normalized spacial score (nSPS) is 13.1. The molecule has 1 atom stereocenters. The standard InChI is InChI=1S/C19H39/c1-5-6-7-8-9-10-11-12-13-14-15-16-17-19(4)18(2)3/h19H,5-17H2,1-4H3. The largest absolute Gasteiger partial charge is 0.0654 e. The van der Waals surface area contributed by atoms with Crippen LogP contribution in [0.3, 0.4) is 0 Å². The third kappa shape index (κ3) is 14.2. The van der Waals surface area contributed by atoms with Crippen LogP contribution in [0.1, 0.15) is 111 Å². The lowest BCUT2D eigenvalue weighted by Gasteiger charge is -2.14. The summed E-state index contributed by atoms with van der Waals surface area (Å²) in [5, 5.41) is 0. The second-order valence-corrected chi connectivity index (χ2v) is 6.66. The van der Waals surface area contributed by atoms with Crippen LogP contribution in [0.5, 0.6) is 0 Å². The van der Waals surface area contributed by atoms with E-state index in [-0.39, 0.29) is 0 Å². The highest BCUT2D eigenvalue weighted by Gasteiger charge is 2.06. The van der Waals surface area contributed by atoms with Crippen LogP contribution in [0.25, 0.3) is 0 Å². The summed E-state index contributed by atoms with van der Waals surface area (Å²) in [5.41, 5.74) is 0. The first-order valence-electron chi connectivity index (χ1n) is 8.98. The predicted molar refractivity (Wildman–Crippen MR) is 89.5 cm³/mol. The minimum atomic E-state index is 0.836. The van der Waals surface area contributed by atoms with Gasteiger partial charge < -0.3 is 0 Å². The predicted octanol–water partition coefficient (Wildman–Crippen LogP) is 7.33. The fourth-order valence-electron chi connectivity index (χ4n) is 2.58. The molecule has 1 radical (unpaired) electrons. The molecule has 0 fully saturated rings. The summed E-state index contributed by atoms with van der Waals surface area (Å²) in [6.45, 7) is 9.20. The molecule has 0 saturated heterocycles. The lowest BCUT2D eigenvalue weighted by Crippen LogP contribution is -2.01. The summed E-state index contributed by atoms with van der Waals surface area (Å²) >= 11 is 0. The summed E-state index contributed by atoms with van der Waals surface area (Å²) in [6, 6.07) is 0. The van der Waals surface area contributed by atoms with Gasteiger partial charge in [-0.2, -0.15) is 0 Å². The van der Waals surface area contributed by atoms with Crippen molar-refractivity contribution >= 4 is 0 Å². The van der Waals surface area contributed by atoms with Gasteiger partial charge in [0.05, 0.1) is 0 Å². The highest BCUT2D eigenvalue weighted by atomic mass is 14.1. The van der Waals surface area contributed by atoms with Gasteiger partial charge in [0.1, 0.15) is 0 Å². The number of unbranched alkanes of at least 4 members (excludes halogenated alkanes) is 11. The zero-order valence-electron chi connectivity index (χ0n) is 14.3. The maximum absolute atomic E-state index is 2.37. The lowest BCUT2D eigenvalue weighted by atomic mass is 9.92. The van der Waals surface area contributed by atoms with Crippen LogP contribution in [0, 0.1) is 11.8 Å². The molecule has 0 aliphatic heterocycles. The molecule has 0 spiro atoms. The molecule has 19 heavy (non-hydrogen) atoms. The summed E-state index contributed by atoms with van der Waals surface area (Å²) in [4.78, 5) is 0. The quantitative estimate of drug-likeness (QED) is 0.289. The topological polar surface area (TPSA) is 0 Å². The van der Waals surface area contributed by atoms with Crippen molar-refractivity contribution in [2.24, 2.45) is 5.92 Å². The SMILES string of the molecule is CCCCCCCCCCCCCCC(C)[C](C)C. The third-order valence-electron chi connectivity index (χ3n) is 4.48. The fourth-order valence-corrected chi connectivity index (χ4v) is 2.58. The van der Waals surface area contributed by atoms with Crippen molar-refractivity contribution in [3.05, 3.63) is 5.92 Å². The molecule has 0 heterocycles. The lowest BCUT2D eigenvalue weighted by molar-refractivity contribution is 0.490. The first kappa shape index (κ1) is 19.0. The molecule has 115 valence electrons. The van der Waals surface area contributed by atoms with Gasteiger partial charge in [-0.25, -0.2) is 0 Å². The van der Waals surface area contributed by atoms with E-state index in [0.29, 0.717) is 0 Å². The minimum Gasteiger partial charge on any atom is -0.0654 e. The molecule has 0 aromatic carbocycles. The van der Waals surface area contributed by atoms with Crippen molar-refractivity contribution in [2.75, 3.05) is 0 Å². The Bertz CT molecular complexity index is 159.